The first-order valence-corrected chi connectivity index (χ1v) is 30.5. The van der Waals surface area contributed by atoms with Crippen LogP contribution in [0, 0.1) is 30.6 Å². The van der Waals surface area contributed by atoms with Crippen molar-refractivity contribution in [3.63, 3.8) is 0 Å². The number of likely N-dealkylation sites (N-methyl/N-ethyl adjacent to an activating group) is 4. The van der Waals surface area contributed by atoms with Gasteiger partial charge in [0.2, 0.25) is 47.3 Å². The quantitative estimate of drug-likeness (QED) is 0.227. The number of fused-ring (bicyclic) bond motifs is 4. The number of ether oxygens (including phenoxy) is 3. The second-order valence-corrected chi connectivity index (χ2v) is 25.7. The Morgan fingerprint density at radius 1 is 0.618 bits per heavy atom. The molecule has 27 heteroatoms. The maximum absolute atomic E-state index is 15.2. The van der Waals surface area contributed by atoms with E-state index < -0.39 is 168 Å². The fraction of sp³-hybridized carbons (Fsp3) is 0.629. The van der Waals surface area contributed by atoms with Crippen LogP contribution in [0.25, 0.3) is 0 Å². The molecule has 6 aliphatic rings. The summed E-state index contributed by atoms with van der Waals surface area (Å²) in [6.07, 6.45) is -1.47. The van der Waals surface area contributed by atoms with Gasteiger partial charge < -0.3 is 70.6 Å². The minimum absolute atomic E-state index is 0.0427. The maximum Gasteiger partial charge on any atom is 0.329 e. The number of carbonyl (C=O) groups excluding carboxylic acids is 12. The molecule has 10 amide bonds. The molecule has 7 rings (SSSR count). The van der Waals surface area contributed by atoms with E-state index in [0.717, 1.165) is 9.80 Å². The number of nitrogens with zero attached hydrogens (tertiary/aromatic N) is 7. The summed E-state index contributed by atoms with van der Waals surface area (Å²) in [5.74, 6) is -11.1. The molecule has 6 N–H and O–H groups in total. The van der Waals surface area contributed by atoms with Crippen LogP contribution in [0.3, 0.4) is 0 Å². The number of hydrogen-bond donors (Lipinski definition) is 5. The van der Waals surface area contributed by atoms with Crippen molar-refractivity contribution in [1.29, 1.82) is 0 Å². The molecule has 486 valence electrons. The maximum atomic E-state index is 15.2. The summed E-state index contributed by atoms with van der Waals surface area (Å²) in [7, 11) is 5.67. The molecule has 0 aromatic heterocycles. The standard InChI is InChI=1S/C62H88N12O15/c1-28(2)43-59(83)73-23-17-19-38(73)57(81)69(13)26-40(75)71(15)49(30(5)6)61(85)87-34(11)45(55(79)65-43)67-53(77)36-22-21-32(9)51-47(36)64-48-42(37(63)25-33(10)52(48)89-51)54(78)68-46-35(12)88-62(86)50(31(7)8)72(16)41(76)27-70(14)58(82)39-20-18-24-74(39)60(84)44(29(3)4)66-56(46)80/h21-22,28-31,34-35,38-39,43-46,49-50H,17-20,23-27,63H2,1-16H3,(H,65,79)(H,66,80)(H,67,77)(H,68,78)/t34-,35-,38+,39+,43-,44-,45+,46+,49+,50+/m1/s1. The molecule has 5 heterocycles. The SMILES string of the molecule is CC1=C2Oc3c(C)ccc(C(=O)N[C@@H]4C(=O)N[C@H](C(C)C)C(=O)N5CCC[C@H]5C(=O)N(C)CC(=O)N(C)[C@@H](C(C)C)C(=O)O[C@@H]4C)c3N=C2C(C(=O)N[C@@H]2C(=O)N[C@H](C(C)C)C(=O)N3CCC[C@H]3C(=O)N(C)CC(=O)N(C)[C@@H](C(C)C)C(=O)O[C@@H]2C)=C(N)C1. The first-order valence-electron chi connectivity index (χ1n) is 30.5. The molecule has 5 aliphatic heterocycles. The first-order chi connectivity index (χ1) is 41.7. The third-order valence-corrected chi connectivity index (χ3v) is 17.5. The minimum atomic E-state index is -1.76. The molecule has 1 aromatic rings. The van der Waals surface area contributed by atoms with E-state index in [1.54, 1.807) is 75.3 Å². The zero-order chi connectivity index (χ0) is 66.1. The van der Waals surface area contributed by atoms with Gasteiger partial charge in [-0.3, -0.25) is 47.9 Å². The molecule has 1 aliphatic carbocycles. The molecule has 0 saturated carbocycles. The zero-order valence-corrected chi connectivity index (χ0v) is 53.9. The largest absolute Gasteiger partial charge is 0.458 e. The van der Waals surface area contributed by atoms with Gasteiger partial charge in [0.1, 0.15) is 71.9 Å². The first kappa shape index (κ1) is 68.1. The molecule has 27 nitrogen and oxygen atoms in total. The average molecular weight is 1240 g/mol. The lowest BCUT2D eigenvalue weighted by molar-refractivity contribution is -0.163. The van der Waals surface area contributed by atoms with Gasteiger partial charge in [0.15, 0.2) is 11.5 Å². The van der Waals surface area contributed by atoms with Crippen LogP contribution in [0.15, 0.2) is 39.7 Å². The lowest BCUT2D eigenvalue weighted by atomic mass is 9.91. The Hall–Kier alpha value is -8.39. The highest BCUT2D eigenvalue weighted by Gasteiger charge is 2.47. The highest BCUT2D eigenvalue weighted by molar-refractivity contribution is 6.30. The van der Waals surface area contributed by atoms with E-state index in [9.17, 15) is 47.9 Å². The van der Waals surface area contributed by atoms with Crippen LogP contribution in [0.2, 0.25) is 0 Å². The molecule has 4 saturated heterocycles. The summed E-state index contributed by atoms with van der Waals surface area (Å²) in [4.78, 5) is 185. The number of nitrogens with two attached hydrogens (primary N) is 1. The van der Waals surface area contributed by atoms with E-state index in [1.165, 1.54) is 67.7 Å². The average Bonchev–Trinajstić information content (AvgIpc) is 1.34. The summed E-state index contributed by atoms with van der Waals surface area (Å²) >= 11 is 0. The van der Waals surface area contributed by atoms with E-state index in [0.29, 0.717) is 36.8 Å². The van der Waals surface area contributed by atoms with E-state index in [1.807, 2.05) is 0 Å². The zero-order valence-electron chi connectivity index (χ0n) is 53.9. The topological polar surface area (TPSA) is 338 Å². The van der Waals surface area contributed by atoms with Gasteiger partial charge in [-0.25, -0.2) is 14.6 Å². The van der Waals surface area contributed by atoms with Gasteiger partial charge in [0.05, 0.1) is 24.2 Å². The Morgan fingerprint density at radius 3 is 1.46 bits per heavy atom. The number of hydrogen-bond acceptors (Lipinski definition) is 17. The Bertz CT molecular complexity index is 3170. The third kappa shape index (κ3) is 14.1. The van der Waals surface area contributed by atoms with Crippen LogP contribution in [-0.2, 0) is 62.2 Å². The van der Waals surface area contributed by atoms with Crippen molar-refractivity contribution in [1.82, 2.24) is 50.7 Å². The smallest absolute Gasteiger partial charge is 0.329 e. The predicted molar refractivity (Wildman–Crippen MR) is 323 cm³/mol. The second-order valence-electron chi connectivity index (χ2n) is 25.7. The van der Waals surface area contributed by atoms with Gasteiger partial charge in [-0.2, -0.15) is 0 Å². The number of amides is 10. The lowest BCUT2D eigenvalue weighted by Gasteiger charge is -2.36. The van der Waals surface area contributed by atoms with Crippen LogP contribution in [0.5, 0.6) is 5.75 Å². The van der Waals surface area contributed by atoms with Gasteiger partial charge >= 0.3 is 11.9 Å². The molecule has 10 atom stereocenters. The van der Waals surface area contributed by atoms with E-state index in [2.05, 4.69) is 21.3 Å². The molecule has 4 fully saturated rings. The second kappa shape index (κ2) is 27.6. The van der Waals surface area contributed by atoms with Crippen molar-refractivity contribution in [2.75, 3.05) is 54.4 Å². The monoisotopic (exact) mass is 1240 g/mol. The minimum Gasteiger partial charge on any atom is -0.458 e. The van der Waals surface area contributed by atoms with Gasteiger partial charge in [-0.1, -0.05) is 61.5 Å². The van der Waals surface area contributed by atoms with Gasteiger partial charge in [-0.15, -0.1) is 0 Å². The fourth-order valence-corrected chi connectivity index (χ4v) is 12.4. The summed E-state index contributed by atoms with van der Waals surface area (Å²) in [5, 5.41) is 10.9. The number of benzene rings is 1. The predicted octanol–water partition coefficient (Wildman–Crippen LogP) is 0.971. The van der Waals surface area contributed by atoms with E-state index in [4.69, 9.17) is 24.9 Å². The third-order valence-electron chi connectivity index (χ3n) is 17.5. The number of allylic oxidation sites excluding steroid dienone is 2. The van der Waals surface area contributed by atoms with Crippen molar-refractivity contribution < 1.29 is 71.7 Å². The van der Waals surface area contributed by atoms with Crippen molar-refractivity contribution in [2.24, 2.45) is 34.4 Å². The lowest BCUT2D eigenvalue weighted by Crippen LogP contribution is -2.61. The number of aryl methyl sites for hydroxylation is 1. The van der Waals surface area contributed by atoms with Crippen LogP contribution >= 0.6 is 0 Å². The number of aliphatic imine (C=N–C) groups is 1. The normalized spacial score (nSPS) is 27.8. The van der Waals surface area contributed by atoms with Crippen molar-refractivity contribution in [3.8, 4) is 5.75 Å². The van der Waals surface area contributed by atoms with Gasteiger partial charge in [0, 0.05) is 53.4 Å². The van der Waals surface area contributed by atoms with E-state index >= 15 is 9.59 Å². The van der Waals surface area contributed by atoms with E-state index in [-0.39, 0.29) is 59.3 Å². The highest BCUT2D eigenvalue weighted by Crippen LogP contribution is 2.44. The molecular weight excluding hydrogens is 1150 g/mol. The molecule has 89 heavy (non-hydrogen) atoms. The van der Waals surface area contributed by atoms with Crippen LogP contribution < -0.4 is 31.7 Å². The van der Waals surface area contributed by atoms with Crippen molar-refractivity contribution in [3.05, 3.63) is 45.9 Å². The van der Waals surface area contributed by atoms with Crippen LogP contribution in [0.4, 0.5) is 5.69 Å². The number of esters is 2. The molecule has 0 radical (unpaired) electrons. The molecule has 0 bridgehead atoms. The Balaban J connectivity index is 1.27. The molecule has 0 spiro atoms. The fourth-order valence-electron chi connectivity index (χ4n) is 12.4. The van der Waals surface area contributed by atoms with Gasteiger partial charge in [-0.05, 0) is 94.3 Å². The Kier molecular flexibility index (Phi) is 21.1. The summed E-state index contributed by atoms with van der Waals surface area (Å²) in [5.41, 5.74) is 6.89. The highest BCUT2D eigenvalue weighted by atomic mass is 16.6. The van der Waals surface area contributed by atoms with Crippen LogP contribution in [0.1, 0.15) is 124 Å². The number of carbonyl (C=O) groups is 12. The van der Waals surface area contributed by atoms with Crippen molar-refractivity contribution >= 4 is 82.4 Å². The molecule has 0 unspecified atom stereocenters. The Morgan fingerprint density at radius 2 is 1.04 bits per heavy atom. The molecule has 1 aromatic carbocycles. The number of rotatable bonds is 8. The number of cyclic esters (lactones) is 2. The van der Waals surface area contributed by atoms with Gasteiger partial charge in [0.25, 0.3) is 11.8 Å². The van der Waals surface area contributed by atoms with Crippen LogP contribution in [-0.4, -0.2) is 221 Å². The summed E-state index contributed by atoms with van der Waals surface area (Å²) in [6.45, 7) is 19.2. The van der Waals surface area contributed by atoms with Crippen molar-refractivity contribution in [2.45, 2.75) is 176 Å². The summed E-state index contributed by atoms with van der Waals surface area (Å²) in [6, 6.07) is -7.37. The summed E-state index contributed by atoms with van der Waals surface area (Å²) < 4.78 is 18.5. The molecular formula is C62H88N12O15. The Labute approximate surface area is 519 Å². The number of nitrogens with one attached hydrogen (secondary N) is 4.